The van der Waals surface area contributed by atoms with Crippen molar-refractivity contribution in [3.8, 4) is 35.6 Å². The molecule has 33 heavy (non-hydrogen) atoms. The molecule has 1 unspecified atom stereocenters. The van der Waals surface area contributed by atoms with Crippen molar-refractivity contribution in [2.24, 2.45) is 0 Å². The highest BCUT2D eigenvalue weighted by Gasteiger charge is 2.36. The van der Waals surface area contributed by atoms with Gasteiger partial charge in [0.15, 0.2) is 6.23 Å². The smallest absolute Gasteiger partial charge is 0.411 e. The number of hydrogen-bond acceptors (Lipinski definition) is 6. The first kappa shape index (κ1) is 22.8. The van der Waals surface area contributed by atoms with Crippen LogP contribution in [0.4, 0.5) is 4.79 Å². The molecule has 2 aliphatic rings. The predicted molar refractivity (Wildman–Crippen MR) is 123 cm³/mol. The van der Waals surface area contributed by atoms with E-state index in [4.69, 9.17) is 25.9 Å². The number of carbonyl (C=O) groups excluding carboxylic acids is 1. The minimum atomic E-state index is -0.624. The zero-order valence-electron chi connectivity index (χ0n) is 19.6. The molecule has 8 heteroatoms. The molecule has 2 aliphatic heterocycles. The van der Waals surface area contributed by atoms with Crippen LogP contribution in [0.15, 0.2) is 12.3 Å². The molecule has 4 rings (SSSR count). The van der Waals surface area contributed by atoms with Crippen molar-refractivity contribution >= 4 is 6.09 Å². The molecule has 172 valence electrons. The van der Waals surface area contributed by atoms with Crippen LogP contribution in [0.1, 0.15) is 69.4 Å². The molecule has 1 saturated heterocycles. The molecule has 1 fully saturated rings. The van der Waals surface area contributed by atoms with E-state index in [9.17, 15) is 4.79 Å². The Labute approximate surface area is 194 Å². The third kappa shape index (κ3) is 4.86. The number of rotatable bonds is 2. The zero-order chi connectivity index (χ0) is 23.6. The fourth-order valence-electron chi connectivity index (χ4n) is 4.23. The van der Waals surface area contributed by atoms with Gasteiger partial charge in [0, 0.05) is 24.9 Å². The van der Waals surface area contributed by atoms with Gasteiger partial charge in [-0.05, 0) is 71.3 Å². The average molecular weight is 448 g/mol. The lowest BCUT2D eigenvalue weighted by molar-refractivity contribution is -0.0384. The van der Waals surface area contributed by atoms with Crippen LogP contribution in [0, 0.1) is 31.1 Å². The van der Waals surface area contributed by atoms with E-state index in [1.807, 2.05) is 38.4 Å². The molecule has 0 aromatic carbocycles. The first-order valence-electron chi connectivity index (χ1n) is 11.3. The molecular weight excluding hydrogens is 418 g/mol. The van der Waals surface area contributed by atoms with Crippen molar-refractivity contribution in [2.75, 3.05) is 13.2 Å². The van der Waals surface area contributed by atoms with Gasteiger partial charge in [-0.1, -0.05) is 5.92 Å². The molecule has 4 heterocycles. The van der Waals surface area contributed by atoms with Crippen LogP contribution in [-0.2, 0) is 15.9 Å². The standard InChI is InChI=1S/C25H29N5O3/c1-6-7-10-19-22-18(13-15-29(19)24(31)33-25(3,4)5)23(28-17(2)27-22)20-12-14-26-30(20)21-11-8-9-16-32-21/h1,12,14,19,21H,8-9,11,13,15-16H2,2-5H3/t19-,21?/m0/s1. The molecule has 0 N–H and O–H groups in total. The van der Waals surface area contributed by atoms with E-state index in [0.717, 1.165) is 42.8 Å². The van der Waals surface area contributed by atoms with Gasteiger partial charge in [-0.25, -0.2) is 19.4 Å². The van der Waals surface area contributed by atoms with Gasteiger partial charge in [-0.2, -0.15) is 5.10 Å². The summed E-state index contributed by atoms with van der Waals surface area (Å²) < 4.78 is 13.5. The Morgan fingerprint density at radius 1 is 1.30 bits per heavy atom. The lowest BCUT2D eigenvalue weighted by Gasteiger charge is -2.35. The second-order valence-corrected chi connectivity index (χ2v) is 9.21. The Balaban J connectivity index is 1.78. The summed E-state index contributed by atoms with van der Waals surface area (Å²) in [5, 5.41) is 4.54. The van der Waals surface area contributed by atoms with Crippen LogP contribution in [0.3, 0.4) is 0 Å². The van der Waals surface area contributed by atoms with Crippen LogP contribution in [0.2, 0.25) is 0 Å². The third-order valence-electron chi connectivity index (χ3n) is 5.57. The number of carbonyl (C=O) groups is 1. The number of terminal acetylenes is 1. The minimum absolute atomic E-state index is 0.117. The predicted octanol–water partition coefficient (Wildman–Crippen LogP) is 3.82. The number of fused-ring (bicyclic) bond motifs is 1. The molecule has 0 saturated carbocycles. The van der Waals surface area contributed by atoms with E-state index in [0.29, 0.717) is 24.5 Å². The SMILES string of the molecule is C#CC#C[C@H]1c2nc(C)nc(-c3ccnn3C3CCCCO3)c2CCN1C(=O)OC(C)(C)C. The van der Waals surface area contributed by atoms with Crippen LogP contribution < -0.4 is 0 Å². The van der Waals surface area contributed by atoms with E-state index in [-0.39, 0.29) is 6.23 Å². The molecule has 8 nitrogen and oxygen atoms in total. The summed E-state index contributed by atoms with van der Waals surface area (Å²) in [6.45, 7) is 8.48. The van der Waals surface area contributed by atoms with Gasteiger partial charge >= 0.3 is 6.09 Å². The van der Waals surface area contributed by atoms with Gasteiger partial charge in [-0.15, -0.1) is 6.42 Å². The molecule has 2 aromatic rings. The van der Waals surface area contributed by atoms with E-state index in [1.165, 1.54) is 0 Å². The minimum Gasteiger partial charge on any atom is -0.444 e. The summed E-state index contributed by atoms with van der Waals surface area (Å²) >= 11 is 0. The Hall–Kier alpha value is -3.36. The van der Waals surface area contributed by atoms with Crippen molar-refractivity contribution in [3.05, 3.63) is 29.3 Å². The lowest BCUT2D eigenvalue weighted by atomic mass is 9.95. The number of hydrogen-bond donors (Lipinski definition) is 0. The Morgan fingerprint density at radius 3 is 2.82 bits per heavy atom. The van der Waals surface area contributed by atoms with Crippen molar-refractivity contribution in [2.45, 2.75) is 71.2 Å². The van der Waals surface area contributed by atoms with Crippen LogP contribution in [-0.4, -0.2) is 49.5 Å². The molecule has 1 amide bonds. The average Bonchev–Trinajstić information content (AvgIpc) is 3.26. The van der Waals surface area contributed by atoms with Crippen molar-refractivity contribution in [1.82, 2.24) is 24.6 Å². The summed E-state index contributed by atoms with van der Waals surface area (Å²) in [6.07, 6.45) is 10.2. The summed E-state index contributed by atoms with van der Waals surface area (Å²) in [6, 6.07) is 1.32. The summed E-state index contributed by atoms with van der Waals surface area (Å²) in [5.41, 5.74) is 2.66. The van der Waals surface area contributed by atoms with Gasteiger partial charge < -0.3 is 9.47 Å². The van der Waals surface area contributed by atoms with Crippen molar-refractivity contribution in [3.63, 3.8) is 0 Å². The van der Waals surface area contributed by atoms with E-state index < -0.39 is 17.7 Å². The quantitative estimate of drug-likeness (QED) is 0.651. The van der Waals surface area contributed by atoms with E-state index in [1.54, 1.807) is 11.1 Å². The number of aromatic nitrogens is 4. The lowest BCUT2D eigenvalue weighted by Crippen LogP contribution is -2.43. The first-order valence-corrected chi connectivity index (χ1v) is 11.3. The molecule has 0 spiro atoms. The van der Waals surface area contributed by atoms with Gasteiger partial charge in [0.05, 0.1) is 17.1 Å². The maximum atomic E-state index is 13.0. The highest BCUT2D eigenvalue weighted by Crippen LogP contribution is 2.36. The largest absolute Gasteiger partial charge is 0.444 e. The molecule has 0 radical (unpaired) electrons. The fourth-order valence-corrected chi connectivity index (χ4v) is 4.23. The normalized spacial score (nSPS) is 20.3. The van der Waals surface area contributed by atoms with Gasteiger partial charge in [-0.3, -0.25) is 4.90 Å². The van der Waals surface area contributed by atoms with E-state index >= 15 is 0 Å². The molecule has 2 atom stereocenters. The number of nitrogens with zero attached hydrogens (tertiary/aromatic N) is 5. The van der Waals surface area contributed by atoms with Crippen LogP contribution >= 0.6 is 0 Å². The monoisotopic (exact) mass is 447 g/mol. The maximum Gasteiger partial charge on any atom is 0.411 e. The fraction of sp³-hybridized carbons (Fsp3) is 0.520. The maximum absolute atomic E-state index is 13.0. The van der Waals surface area contributed by atoms with E-state index in [2.05, 4.69) is 22.9 Å². The molecule has 2 aromatic heterocycles. The topological polar surface area (TPSA) is 82.4 Å². The molecule has 0 aliphatic carbocycles. The second kappa shape index (κ2) is 9.25. The second-order valence-electron chi connectivity index (χ2n) is 9.21. The van der Waals surface area contributed by atoms with Gasteiger partial charge in [0.1, 0.15) is 17.5 Å². The number of amides is 1. The Morgan fingerprint density at radius 2 is 2.12 bits per heavy atom. The first-order chi connectivity index (χ1) is 15.8. The van der Waals surface area contributed by atoms with Crippen LogP contribution in [0.5, 0.6) is 0 Å². The summed E-state index contributed by atoms with van der Waals surface area (Å²) in [7, 11) is 0. The zero-order valence-corrected chi connectivity index (χ0v) is 19.6. The molecule has 0 bridgehead atoms. The van der Waals surface area contributed by atoms with Gasteiger partial charge in [0.2, 0.25) is 0 Å². The van der Waals surface area contributed by atoms with Crippen molar-refractivity contribution < 1.29 is 14.3 Å². The summed E-state index contributed by atoms with van der Waals surface area (Å²) in [5.74, 6) is 8.63. The Kier molecular flexibility index (Phi) is 6.40. The van der Waals surface area contributed by atoms with Gasteiger partial charge in [0.25, 0.3) is 0 Å². The number of aryl methyl sites for hydroxylation is 1. The molecular formula is C25H29N5O3. The highest BCUT2D eigenvalue weighted by molar-refractivity contribution is 5.71. The van der Waals surface area contributed by atoms with Crippen molar-refractivity contribution in [1.29, 1.82) is 0 Å². The Bertz CT molecular complexity index is 1140. The van der Waals surface area contributed by atoms with Crippen LogP contribution in [0.25, 0.3) is 11.4 Å². The third-order valence-corrected chi connectivity index (χ3v) is 5.57. The summed E-state index contributed by atoms with van der Waals surface area (Å²) in [4.78, 5) is 24.0. The highest BCUT2D eigenvalue weighted by atomic mass is 16.6. The number of ether oxygens (including phenoxy) is 2.